The fraction of sp³-hybridized carbons (Fsp3) is 0.333. The SMILES string of the molecule is CC(C)Oc1ccc(CNC(=O)Cn2cc(C(=O)O)nn2)cc1. The number of nitrogens with zero attached hydrogens (tertiary/aromatic N) is 3. The second-order valence-electron chi connectivity index (χ2n) is 5.19. The monoisotopic (exact) mass is 318 g/mol. The summed E-state index contributed by atoms with van der Waals surface area (Å²) >= 11 is 0. The summed E-state index contributed by atoms with van der Waals surface area (Å²) in [5.74, 6) is -0.686. The molecule has 1 aromatic carbocycles. The Kier molecular flexibility index (Phi) is 5.29. The molecule has 1 aromatic heterocycles. The molecule has 122 valence electrons. The number of aromatic nitrogens is 3. The van der Waals surface area contributed by atoms with Gasteiger partial charge in [-0.3, -0.25) is 4.79 Å². The largest absolute Gasteiger partial charge is 0.491 e. The second-order valence-corrected chi connectivity index (χ2v) is 5.19. The Morgan fingerprint density at radius 3 is 2.57 bits per heavy atom. The Balaban J connectivity index is 1.82. The molecule has 8 nitrogen and oxygen atoms in total. The Morgan fingerprint density at radius 1 is 1.30 bits per heavy atom. The summed E-state index contributed by atoms with van der Waals surface area (Å²) in [4.78, 5) is 22.5. The number of nitrogens with one attached hydrogen (secondary N) is 1. The van der Waals surface area contributed by atoms with Crippen LogP contribution in [0.3, 0.4) is 0 Å². The number of amides is 1. The van der Waals surface area contributed by atoms with E-state index in [0.717, 1.165) is 11.3 Å². The molecule has 0 aliphatic heterocycles. The predicted octanol–water partition coefficient (Wildman–Crippen LogP) is 1.08. The number of carboxylic acid groups (broad SMARTS) is 1. The third kappa shape index (κ3) is 5.10. The first-order valence-electron chi connectivity index (χ1n) is 7.10. The van der Waals surface area contributed by atoms with Crippen molar-refractivity contribution in [2.75, 3.05) is 0 Å². The fourth-order valence-electron chi connectivity index (χ4n) is 1.84. The molecule has 0 aliphatic carbocycles. The molecule has 0 saturated heterocycles. The van der Waals surface area contributed by atoms with Crippen LogP contribution in [-0.2, 0) is 17.9 Å². The molecule has 0 aliphatic rings. The van der Waals surface area contributed by atoms with E-state index in [9.17, 15) is 9.59 Å². The zero-order chi connectivity index (χ0) is 16.8. The number of ether oxygens (including phenoxy) is 1. The molecule has 0 fully saturated rings. The maximum Gasteiger partial charge on any atom is 0.358 e. The van der Waals surface area contributed by atoms with Gasteiger partial charge in [-0.1, -0.05) is 17.3 Å². The van der Waals surface area contributed by atoms with Crippen LogP contribution in [0.15, 0.2) is 30.5 Å². The summed E-state index contributed by atoms with van der Waals surface area (Å²) in [5, 5.41) is 18.5. The van der Waals surface area contributed by atoms with Crippen molar-refractivity contribution in [3.05, 3.63) is 41.7 Å². The Labute approximate surface area is 133 Å². The molecule has 2 aromatic rings. The molecule has 8 heteroatoms. The lowest BCUT2D eigenvalue weighted by Crippen LogP contribution is -2.27. The van der Waals surface area contributed by atoms with Crippen molar-refractivity contribution in [3.8, 4) is 5.75 Å². The summed E-state index contributed by atoms with van der Waals surface area (Å²) in [7, 11) is 0. The fourth-order valence-corrected chi connectivity index (χ4v) is 1.84. The normalized spacial score (nSPS) is 10.6. The van der Waals surface area contributed by atoms with Gasteiger partial charge in [0.15, 0.2) is 5.69 Å². The van der Waals surface area contributed by atoms with Gasteiger partial charge in [0, 0.05) is 6.54 Å². The van der Waals surface area contributed by atoms with Crippen LogP contribution in [0.25, 0.3) is 0 Å². The van der Waals surface area contributed by atoms with Crippen LogP contribution in [0.4, 0.5) is 0 Å². The van der Waals surface area contributed by atoms with E-state index in [4.69, 9.17) is 9.84 Å². The predicted molar refractivity (Wildman–Crippen MR) is 81.0 cm³/mol. The van der Waals surface area contributed by atoms with E-state index >= 15 is 0 Å². The lowest BCUT2D eigenvalue weighted by atomic mass is 10.2. The summed E-state index contributed by atoms with van der Waals surface area (Å²) in [6.45, 7) is 4.18. The van der Waals surface area contributed by atoms with Crippen molar-refractivity contribution in [3.63, 3.8) is 0 Å². The molecule has 0 saturated carbocycles. The molecule has 23 heavy (non-hydrogen) atoms. The van der Waals surface area contributed by atoms with Crippen LogP contribution in [0.5, 0.6) is 5.75 Å². The van der Waals surface area contributed by atoms with Crippen molar-refractivity contribution < 1.29 is 19.4 Å². The van der Waals surface area contributed by atoms with Crippen molar-refractivity contribution in [1.29, 1.82) is 0 Å². The second kappa shape index (κ2) is 7.39. The van der Waals surface area contributed by atoms with Gasteiger partial charge in [-0.25, -0.2) is 9.48 Å². The number of rotatable bonds is 7. The molecular weight excluding hydrogens is 300 g/mol. The highest BCUT2D eigenvalue weighted by atomic mass is 16.5. The van der Waals surface area contributed by atoms with E-state index in [-0.39, 0.29) is 24.2 Å². The molecule has 0 atom stereocenters. The molecule has 0 bridgehead atoms. The average Bonchev–Trinajstić information content (AvgIpc) is 2.95. The van der Waals surface area contributed by atoms with E-state index in [2.05, 4.69) is 15.6 Å². The van der Waals surface area contributed by atoms with Crippen molar-refractivity contribution in [2.24, 2.45) is 0 Å². The molecule has 0 spiro atoms. The van der Waals surface area contributed by atoms with Gasteiger partial charge in [-0.2, -0.15) is 0 Å². The Hall–Kier alpha value is -2.90. The summed E-state index contributed by atoms with van der Waals surface area (Å²) < 4.78 is 6.72. The minimum atomic E-state index is -1.18. The maximum absolute atomic E-state index is 11.8. The molecular formula is C15H18N4O4. The molecule has 2 N–H and O–H groups in total. The first-order valence-corrected chi connectivity index (χ1v) is 7.10. The number of carboxylic acids is 1. The molecule has 2 rings (SSSR count). The highest BCUT2D eigenvalue weighted by Crippen LogP contribution is 2.13. The third-order valence-electron chi connectivity index (χ3n) is 2.85. The van der Waals surface area contributed by atoms with Crippen molar-refractivity contribution in [2.45, 2.75) is 33.0 Å². The first-order chi connectivity index (χ1) is 10.9. The van der Waals surface area contributed by atoms with E-state index in [1.54, 1.807) is 0 Å². The zero-order valence-electron chi connectivity index (χ0n) is 12.9. The van der Waals surface area contributed by atoms with Crippen LogP contribution in [0.2, 0.25) is 0 Å². The highest BCUT2D eigenvalue weighted by molar-refractivity contribution is 5.84. The highest BCUT2D eigenvalue weighted by Gasteiger charge is 2.10. The topological polar surface area (TPSA) is 106 Å². The number of hydrogen-bond donors (Lipinski definition) is 2. The average molecular weight is 318 g/mol. The van der Waals surface area contributed by atoms with E-state index in [1.807, 2.05) is 38.1 Å². The van der Waals surface area contributed by atoms with Gasteiger partial charge < -0.3 is 15.2 Å². The molecule has 1 amide bonds. The van der Waals surface area contributed by atoms with Gasteiger partial charge in [0.05, 0.1) is 12.3 Å². The smallest absolute Gasteiger partial charge is 0.358 e. The van der Waals surface area contributed by atoms with Crippen molar-refractivity contribution in [1.82, 2.24) is 20.3 Å². The quantitative estimate of drug-likeness (QED) is 0.791. The Morgan fingerprint density at radius 2 is 2.00 bits per heavy atom. The third-order valence-corrected chi connectivity index (χ3v) is 2.85. The van der Waals surface area contributed by atoms with Crippen LogP contribution in [0.1, 0.15) is 29.9 Å². The van der Waals surface area contributed by atoms with E-state index in [1.165, 1.54) is 10.9 Å². The van der Waals surface area contributed by atoms with Gasteiger partial charge in [-0.15, -0.1) is 5.10 Å². The van der Waals surface area contributed by atoms with Crippen LogP contribution < -0.4 is 10.1 Å². The van der Waals surface area contributed by atoms with Gasteiger partial charge in [-0.05, 0) is 31.5 Å². The number of benzene rings is 1. The van der Waals surface area contributed by atoms with Gasteiger partial charge in [0.2, 0.25) is 5.91 Å². The lowest BCUT2D eigenvalue weighted by molar-refractivity contribution is -0.122. The molecule has 0 radical (unpaired) electrons. The standard InChI is InChI=1S/C15H18N4O4/c1-10(2)23-12-5-3-11(4-6-12)7-16-14(20)9-19-8-13(15(21)22)17-18-19/h3-6,8,10H,7,9H2,1-2H3,(H,16,20)(H,21,22). The van der Waals surface area contributed by atoms with Gasteiger partial charge >= 0.3 is 5.97 Å². The minimum Gasteiger partial charge on any atom is -0.491 e. The summed E-state index contributed by atoms with van der Waals surface area (Å²) in [6, 6.07) is 7.43. The minimum absolute atomic E-state index is 0.0885. The zero-order valence-corrected chi connectivity index (χ0v) is 12.9. The van der Waals surface area contributed by atoms with Crippen LogP contribution in [0, 0.1) is 0 Å². The number of hydrogen-bond acceptors (Lipinski definition) is 5. The van der Waals surface area contributed by atoms with E-state index < -0.39 is 5.97 Å². The number of aromatic carboxylic acids is 1. The maximum atomic E-state index is 11.8. The molecule has 1 heterocycles. The lowest BCUT2D eigenvalue weighted by Gasteiger charge is -2.10. The van der Waals surface area contributed by atoms with Gasteiger partial charge in [0.25, 0.3) is 0 Å². The summed E-state index contributed by atoms with van der Waals surface area (Å²) in [6.07, 6.45) is 1.32. The van der Waals surface area contributed by atoms with Crippen molar-refractivity contribution >= 4 is 11.9 Å². The first kappa shape index (κ1) is 16.5. The summed E-state index contributed by atoms with van der Waals surface area (Å²) in [5.41, 5.74) is 0.734. The van der Waals surface area contributed by atoms with Gasteiger partial charge in [0.1, 0.15) is 12.3 Å². The van der Waals surface area contributed by atoms with E-state index in [0.29, 0.717) is 6.54 Å². The molecule has 0 unspecified atom stereocenters. The number of carbonyl (C=O) groups is 2. The van der Waals surface area contributed by atoms with Crippen LogP contribution >= 0.6 is 0 Å². The Bertz CT molecular complexity index is 679. The van der Waals surface area contributed by atoms with Crippen LogP contribution in [-0.4, -0.2) is 38.1 Å². The number of carbonyl (C=O) groups excluding carboxylic acids is 1.